The quantitative estimate of drug-likeness (QED) is 0.679. The molecule has 0 amide bonds. The Morgan fingerprint density at radius 1 is 1.00 bits per heavy atom. The molecule has 0 bridgehead atoms. The van der Waals surface area contributed by atoms with Gasteiger partial charge >= 0.3 is 0 Å². The highest BCUT2D eigenvalue weighted by Crippen LogP contribution is 2.20. The maximum atomic E-state index is 5.19. The SMILES string of the molecule is c1ccc(SCc2nc(-c3ccccn3)no2)nc1. The van der Waals surface area contributed by atoms with Crippen molar-refractivity contribution in [2.45, 2.75) is 10.8 Å². The fourth-order valence-electron chi connectivity index (χ4n) is 1.48. The van der Waals surface area contributed by atoms with E-state index in [1.807, 2.05) is 36.4 Å². The molecular formula is C13H10N4OS. The Morgan fingerprint density at radius 2 is 1.84 bits per heavy atom. The second-order valence-electron chi connectivity index (χ2n) is 3.68. The second kappa shape index (κ2) is 5.62. The number of hydrogen-bond acceptors (Lipinski definition) is 6. The molecule has 94 valence electrons. The third kappa shape index (κ3) is 2.97. The zero-order valence-electron chi connectivity index (χ0n) is 9.93. The minimum absolute atomic E-state index is 0.511. The van der Waals surface area contributed by atoms with E-state index < -0.39 is 0 Å². The smallest absolute Gasteiger partial charge is 0.237 e. The molecule has 0 aliphatic rings. The van der Waals surface area contributed by atoms with Gasteiger partial charge in [-0.05, 0) is 24.3 Å². The minimum Gasteiger partial charge on any atom is -0.338 e. The molecule has 0 aromatic carbocycles. The van der Waals surface area contributed by atoms with E-state index in [1.54, 1.807) is 24.2 Å². The van der Waals surface area contributed by atoms with E-state index >= 15 is 0 Å². The Balaban J connectivity index is 1.69. The van der Waals surface area contributed by atoms with Crippen molar-refractivity contribution in [1.82, 2.24) is 20.1 Å². The van der Waals surface area contributed by atoms with Gasteiger partial charge in [-0.3, -0.25) is 4.98 Å². The third-order valence-corrected chi connectivity index (χ3v) is 3.27. The third-order valence-electron chi connectivity index (χ3n) is 2.34. The lowest BCUT2D eigenvalue weighted by Gasteiger charge is -1.95. The average Bonchev–Trinajstić information content (AvgIpc) is 2.96. The summed E-state index contributed by atoms with van der Waals surface area (Å²) >= 11 is 1.55. The van der Waals surface area contributed by atoms with Crippen molar-refractivity contribution in [2.24, 2.45) is 0 Å². The fourth-order valence-corrected chi connectivity index (χ4v) is 2.18. The van der Waals surface area contributed by atoms with Crippen LogP contribution in [0.3, 0.4) is 0 Å². The summed E-state index contributed by atoms with van der Waals surface area (Å²) in [4.78, 5) is 12.7. The number of aromatic nitrogens is 4. The van der Waals surface area contributed by atoms with Gasteiger partial charge in [0.15, 0.2) is 0 Å². The number of thioether (sulfide) groups is 1. The van der Waals surface area contributed by atoms with Crippen molar-refractivity contribution in [3.8, 4) is 11.5 Å². The van der Waals surface area contributed by atoms with Crippen LogP contribution in [0.5, 0.6) is 0 Å². The standard InChI is InChI=1S/C13H10N4OS/c1-3-7-14-10(5-1)13-16-11(18-17-13)9-19-12-6-2-4-8-15-12/h1-8H,9H2. The molecule has 3 aromatic heterocycles. The summed E-state index contributed by atoms with van der Waals surface area (Å²) in [6.07, 6.45) is 3.46. The maximum absolute atomic E-state index is 5.19. The first-order valence-electron chi connectivity index (χ1n) is 5.69. The highest BCUT2D eigenvalue weighted by atomic mass is 32.2. The molecule has 6 heteroatoms. The molecule has 3 aromatic rings. The van der Waals surface area contributed by atoms with E-state index in [2.05, 4.69) is 20.1 Å². The van der Waals surface area contributed by atoms with E-state index in [-0.39, 0.29) is 0 Å². The van der Waals surface area contributed by atoms with Gasteiger partial charge in [-0.2, -0.15) is 4.98 Å². The van der Waals surface area contributed by atoms with Gasteiger partial charge in [0.2, 0.25) is 11.7 Å². The molecule has 0 atom stereocenters. The molecule has 3 rings (SSSR count). The van der Waals surface area contributed by atoms with Gasteiger partial charge in [0.1, 0.15) is 5.69 Å². The van der Waals surface area contributed by atoms with E-state index in [0.717, 1.165) is 5.03 Å². The van der Waals surface area contributed by atoms with Crippen LogP contribution in [0.15, 0.2) is 58.3 Å². The Bertz CT molecular complexity index is 642. The summed E-state index contributed by atoms with van der Waals surface area (Å²) in [7, 11) is 0. The second-order valence-corrected chi connectivity index (χ2v) is 4.68. The summed E-state index contributed by atoms with van der Waals surface area (Å²) in [5, 5.41) is 4.85. The van der Waals surface area contributed by atoms with Crippen molar-refractivity contribution in [3.63, 3.8) is 0 Å². The van der Waals surface area contributed by atoms with E-state index in [4.69, 9.17) is 4.52 Å². The van der Waals surface area contributed by atoms with Crippen molar-refractivity contribution >= 4 is 11.8 Å². The Hall–Kier alpha value is -2.21. The number of nitrogens with zero attached hydrogens (tertiary/aromatic N) is 4. The zero-order valence-corrected chi connectivity index (χ0v) is 10.7. The highest BCUT2D eigenvalue weighted by molar-refractivity contribution is 7.98. The van der Waals surface area contributed by atoms with Gasteiger partial charge in [0, 0.05) is 12.4 Å². The molecule has 0 fully saturated rings. The minimum atomic E-state index is 0.511. The van der Waals surface area contributed by atoms with Crippen molar-refractivity contribution in [3.05, 3.63) is 54.7 Å². The topological polar surface area (TPSA) is 64.7 Å². The van der Waals surface area contributed by atoms with Crippen LogP contribution in [0.2, 0.25) is 0 Å². The fraction of sp³-hybridized carbons (Fsp3) is 0.0769. The average molecular weight is 270 g/mol. The molecule has 0 N–H and O–H groups in total. The van der Waals surface area contributed by atoms with E-state index in [9.17, 15) is 0 Å². The molecule has 3 heterocycles. The number of rotatable bonds is 4. The lowest BCUT2D eigenvalue weighted by Crippen LogP contribution is -1.85. The largest absolute Gasteiger partial charge is 0.338 e. The van der Waals surface area contributed by atoms with Gasteiger partial charge in [-0.1, -0.05) is 29.1 Å². The molecular weight excluding hydrogens is 260 g/mol. The summed E-state index contributed by atoms with van der Waals surface area (Å²) in [6, 6.07) is 11.4. The van der Waals surface area contributed by atoms with Crippen LogP contribution in [0, 0.1) is 0 Å². The predicted molar refractivity (Wildman–Crippen MR) is 71.3 cm³/mol. The number of pyridine rings is 2. The van der Waals surface area contributed by atoms with Gasteiger partial charge in [0.25, 0.3) is 0 Å². The summed E-state index contributed by atoms with van der Waals surface area (Å²) in [5.74, 6) is 1.67. The van der Waals surface area contributed by atoms with Gasteiger partial charge in [-0.25, -0.2) is 4.98 Å². The van der Waals surface area contributed by atoms with Crippen molar-refractivity contribution in [1.29, 1.82) is 0 Å². The van der Waals surface area contributed by atoms with Crippen molar-refractivity contribution < 1.29 is 4.52 Å². The molecule has 0 aliphatic carbocycles. The zero-order chi connectivity index (χ0) is 12.9. The highest BCUT2D eigenvalue weighted by Gasteiger charge is 2.09. The first-order chi connectivity index (χ1) is 9.42. The summed E-state index contributed by atoms with van der Waals surface area (Å²) < 4.78 is 5.19. The van der Waals surface area contributed by atoms with Crippen LogP contribution in [0.4, 0.5) is 0 Å². The van der Waals surface area contributed by atoms with Crippen LogP contribution in [-0.4, -0.2) is 20.1 Å². The molecule has 0 saturated carbocycles. The van der Waals surface area contributed by atoms with Crippen molar-refractivity contribution in [2.75, 3.05) is 0 Å². The van der Waals surface area contributed by atoms with Gasteiger partial charge in [-0.15, -0.1) is 0 Å². The molecule has 0 aliphatic heterocycles. The number of hydrogen-bond donors (Lipinski definition) is 0. The lowest BCUT2D eigenvalue weighted by atomic mass is 10.3. The van der Waals surface area contributed by atoms with Gasteiger partial charge in [0.05, 0.1) is 10.8 Å². The molecule has 0 spiro atoms. The van der Waals surface area contributed by atoms with Crippen LogP contribution in [-0.2, 0) is 5.75 Å². The Labute approximate surface area is 114 Å². The first-order valence-corrected chi connectivity index (χ1v) is 6.68. The predicted octanol–water partition coefficient (Wildman–Crippen LogP) is 2.82. The maximum Gasteiger partial charge on any atom is 0.237 e. The van der Waals surface area contributed by atoms with Crippen LogP contribution in [0.25, 0.3) is 11.5 Å². The van der Waals surface area contributed by atoms with E-state index in [0.29, 0.717) is 23.2 Å². The summed E-state index contributed by atoms with van der Waals surface area (Å²) in [5.41, 5.74) is 0.709. The van der Waals surface area contributed by atoms with Crippen LogP contribution >= 0.6 is 11.8 Å². The molecule has 0 saturated heterocycles. The molecule has 0 unspecified atom stereocenters. The van der Waals surface area contributed by atoms with Gasteiger partial charge < -0.3 is 4.52 Å². The monoisotopic (exact) mass is 270 g/mol. The molecule has 0 radical (unpaired) electrons. The van der Waals surface area contributed by atoms with Crippen LogP contribution < -0.4 is 0 Å². The summed E-state index contributed by atoms with van der Waals surface area (Å²) in [6.45, 7) is 0. The lowest BCUT2D eigenvalue weighted by molar-refractivity contribution is 0.391. The Morgan fingerprint density at radius 3 is 2.58 bits per heavy atom. The van der Waals surface area contributed by atoms with Crippen LogP contribution in [0.1, 0.15) is 5.89 Å². The normalized spacial score (nSPS) is 10.5. The molecule has 19 heavy (non-hydrogen) atoms. The van der Waals surface area contributed by atoms with E-state index in [1.165, 1.54) is 0 Å². The molecule has 5 nitrogen and oxygen atoms in total. The Kier molecular flexibility index (Phi) is 3.51. The first kappa shape index (κ1) is 11.9.